The van der Waals surface area contributed by atoms with E-state index in [9.17, 15) is 9.90 Å². The first-order chi connectivity index (χ1) is 14.7. The summed E-state index contributed by atoms with van der Waals surface area (Å²) >= 11 is 0. The Morgan fingerprint density at radius 3 is 2.60 bits per heavy atom. The van der Waals surface area contributed by atoms with Crippen LogP contribution in [-0.4, -0.2) is 53.5 Å². The quantitative estimate of drug-likeness (QED) is 0.472. The highest BCUT2D eigenvalue weighted by molar-refractivity contribution is 5.68. The van der Waals surface area contributed by atoms with Crippen LogP contribution in [0.4, 0.5) is 4.79 Å². The average Bonchev–Trinajstić information content (AvgIpc) is 2.80. The summed E-state index contributed by atoms with van der Waals surface area (Å²) in [5, 5.41) is 14.3. The number of aliphatic hydroxyl groups is 1. The number of ether oxygens (including phenoxy) is 3. The Bertz CT molecular complexity index is 906. The van der Waals surface area contributed by atoms with Crippen LogP contribution in [0.5, 0.6) is 0 Å². The number of nitrogens with zero attached hydrogens (tertiary/aromatic N) is 4. The molecule has 9 heteroatoms. The Labute approximate surface area is 173 Å². The molecule has 2 aromatic carbocycles. The zero-order valence-electron chi connectivity index (χ0n) is 16.2. The van der Waals surface area contributed by atoms with Crippen LogP contribution in [0.2, 0.25) is 0 Å². The van der Waals surface area contributed by atoms with Gasteiger partial charge in [-0.25, -0.2) is 4.79 Å². The summed E-state index contributed by atoms with van der Waals surface area (Å²) in [6.07, 6.45) is -3.08. The number of β-amino-alcohol motifs (C(OH)–C–C–N with tert-alkyl or cyclic N) is 1. The molecule has 1 amide bonds. The number of benzene rings is 2. The number of rotatable bonds is 4. The average molecular weight is 410 g/mol. The lowest BCUT2D eigenvalue weighted by Crippen LogP contribution is -2.66. The maximum Gasteiger partial charge on any atom is 0.410 e. The lowest BCUT2D eigenvalue weighted by atomic mass is 9.91. The predicted molar refractivity (Wildman–Crippen MR) is 106 cm³/mol. The highest BCUT2D eigenvalue weighted by Gasteiger charge is 2.49. The smallest absolute Gasteiger partial charge is 0.410 e. The maximum atomic E-state index is 12.8. The maximum absolute atomic E-state index is 12.8. The second-order valence-electron chi connectivity index (χ2n) is 7.20. The van der Waals surface area contributed by atoms with E-state index in [2.05, 4.69) is 10.0 Å². The molecule has 2 saturated heterocycles. The number of carbonyl (C=O) groups is 1. The van der Waals surface area contributed by atoms with Crippen molar-refractivity contribution in [2.75, 3.05) is 13.2 Å². The molecule has 2 aromatic rings. The van der Waals surface area contributed by atoms with Crippen LogP contribution in [0, 0.1) is 0 Å². The van der Waals surface area contributed by atoms with Gasteiger partial charge in [-0.05, 0) is 11.1 Å². The minimum atomic E-state index is -1.08. The molecule has 30 heavy (non-hydrogen) atoms. The summed E-state index contributed by atoms with van der Waals surface area (Å²) in [5.74, 6) is 0. The number of hydrogen-bond acceptors (Lipinski definition) is 6. The van der Waals surface area contributed by atoms with Gasteiger partial charge in [-0.2, -0.15) is 0 Å². The normalized spacial score (nSPS) is 28.2. The number of fused-ring (bicyclic) bond motifs is 1. The molecule has 156 valence electrons. The first-order valence-electron chi connectivity index (χ1n) is 9.69. The Hall–Kier alpha value is -3.10. The van der Waals surface area contributed by atoms with E-state index in [1.807, 2.05) is 60.7 Å². The highest BCUT2D eigenvalue weighted by atomic mass is 16.7. The predicted octanol–water partition coefficient (Wildman–Crippen LogP) is 3.16. The number of likely N-dealkylation sites (tertiary alicyclic amines) is 1. The molecular weight excluding hydrogens is 388 g/mol. The fraction of sp³-hybridized carbons (Fsp3) is 0.381. The van der Waals surface area contributed by atoms with Crippen molar-refractivity contribution in [2.24, 2.45) is 5.11 Å². The van der Waals surface area contributed by atoms with Crippen molar-refractivity contribution in [1.82, 2.24) is 4.90 Å². The first kappa shape index (κ1) is 20.2. The molecule has 0 radical (unpaired) electrons. The van der Waals surface area contributed by atoms with E-state index in [1.54, 1.807) is 0 Å². The second-order valence-corrected chi connectivity index (χ2v) is 7.20. The zero-order valence-corrected chi connectivity index (χ0v) is 16.2. The van der Waals surface area contributed by atoms with Crippen molar-refractivity contribution >= 4 is 6.09 Å². The third-order valence-corrected chi connectivity index (χ3v) is 5.29. The van der Waals surface area contributed by atoms with Gasteiger partial charge >= 0.3 is 6.09 Å². The molecule has 0 bridgehead atoms. The van der Waals surface area contributed by atoms with Crippen LogP contribution in [0.1, 0.15) is 17.4 Å². The van der Waals surface area contributed by atoms with Gasteiger partial charge in [0.1, 0.15) is 6.61 Å². The van der Waals surface area contributed by atoms with Crippen LogP contribution < -0.4 is 0 Å². The molecule has 0 aliphatic carbocycles. The zero-order chi connectivity index (χ0) is 20.9. The highest BCUT2D eigenvalue weighted by Crippen LogP contribution is 2.35. The Morgan fingerprint density at radius 2 is 1.90 bits per heavy atom. The van der Waals surface area contributed by atoms with Crippen LogP contribution in [0.25, 0.3) is 10.4 Å². The fourth-order valence-electron chi connectivity index (χ4n) is 3.79. The van der Waals surface area contributed by atoms with Gasteiger partial charge in [0.25, 0.3) is 0 Å². The Kier molecular flexibility index (Phi) is 6.15. The molecule has 5 atom stereocenters. The second kappa shape index (κ2) is 9.15. The molecule has 0 spiro atoms. The van der Waals surface area contributed by atoms with E-state index >= 15 is 0 Å². The molecule has 4 rings (SSSR count). The van der Waals surface area contributed by atoms with Gasteiger partial charge in [0, 0.05) is 10.5 Å². The molecule has 0 unspecified atom stereocenters. The lowest BCUT2D eigenvalue weighted by molar-refractivity contribution is -0.262. The monoisotopic (exact) mass is 410 g/mol. The van der Waals surface area contributed by atoms with Gasteiger partial charge in [0.2, 0.25) is 0 Å². The van der Waals surface area contributed by atoms with E-state index in [-0.39, 0.29) is 19.8 Å². The van der Waals surface area contributed by atoms with Crippen molar-refractivity contribution in [2.45, 2.75) is 37.2 Å². The molecular formula is C21H22N4O5. The molecule has 2 heterocycles. The van der Waals surface area contributed by atoms with E-state index in [0.717, 1.165) is 11.1 Å². The van der Waals surface area contributed by atoms with Gasteiger partial charge in [0.15, 0.2) is 6.29 Å². The van der Waals surface area contributed by atoms with Crippen LogP contribution in [0.15, 0.2) is 65.8 Å². The summed E-state index contributed by atoms with van der Waals surface area (Å²) in [7, 11) is 0. The number of azide groups is 1. The van der Waals surface area contributed by atoms with Crippen molar-refractivity contribution in [3.63, 3.8) is 0 Å². The summed E-state index contributed by atoms with van der Waals surface area (Å²) in [6, 6.07) is 17.3. The van der Waals surface area contributed by atoms with Gasteiger partial charge in [-0.1, -0.05) is 65.8 Å². The number of carbonyl (C=O) groups excluding carboxylic acids is 1. The topological polar surface area (TPSA) is 117 Å². The SMILES string of the molecule is [N-]=[N+]=N[C@H]1[C@@H]2O[C@H](c3ccccc3)OC[C@H]2N(C(=O)OCc2ccccc2)C[C@H]1O. The van der Waals surface area contributed by atoms with E-state index in [1.165, 1.54) is 4.90 Å². The van der Waals surface area contributed by atoms with Crippen LogP contribution in [-0.2, 0) is 20.8 Å². The largest absolute Gasteiger partial charge is 0.445 e. The number of hydrogen-bond donors (Lipinski definition) is 1. The molecule has 0 saturated carbocycles. The third kappa shape index (κ3) is 4.24. The van der Waals surface area contributed by atoms with Gasteiger partial charge in [0.05, 0.1) is 37.4 Å². The van der Waals surface area contributed by atoms with Gasteiger partial charge in [-0.15, -0.1) is 0 Å². The standard InChI is InChI=1S/C21H22N4O5/c22-24-23-18-17(26)11-25(21(27)29-12-14-7-3-1-4-8-14)16-13-28-20(30-19(16)18)15-9-5-2-6-10-15/h1-10,16-20,26H,11-13H2/t16-,17-,18-,19-,20-/m1/s1. The molecule has 2 fully saturated rings. The van der Waals surface area contributed by atoms with Gasteiger partial charge in [-0.3, -0.25) is 4.90 Å². The van der Waals surface area contributed by atoms with Crippen molar-refractivity contribution in [3.8, 4) is 0 Å². The minimum absolute atomic E-state index is 0.0405. The molecule has 2 aliphatic rings. The molecule has 0 aromatic heterocycles. The molecule has 2 aliphatic heterocycles. The minimum Gasteiger partial charge on any atom is -0.445 e. The summed E-state index contributed by atoms with van der Waals surface area (Å²) in [6.45, 7) is 0.230. The number of piperidine rings is 1. The summed E-state index contributed by atoms with van der Waals surface area (Å²) in [5.41, 5.74) is 10.6. The van der Waals surface area contributed by atoms with E-state index in [0.29, 0.717) is 0 Å². The van der Waals surface area contributed by atoms with E-state index < -0.39 is 36.7 Å². The molecule has 9 nitrogen and oxygen atoms in total. The van der Waals surface area contributed by atoms with Crippen molar-refractivity contribution in [1.29, 1.82) is 0 Å². The third-order valence-electron chi connectivity index (χ3n) is 5.29. The number of amides is 1. The summed E-state index contributed by atoms with van der Waals surface area (Å²) < 4.78 is 17.3. The van der Waals surface area contributed by atoms with Crippen molar-refractivity contribution in [3.05, 3.63) is 82.2 Å². The van der Waals surface area contributed by atoms with Crippen LogP contribution in [0.3, 0.4) is 0 Å². The summed E-state index contributed by atoms with van der Waals surface area (Å²) in [4.78, 5) is 17.0. The Balaban J connectivity index is 1.51. The van der Waals surface area contributed by atoms with Gasteiger partial charge < -0.3 is 19.3 Å². The fourth-order valence-corrected chi connectivity index (χ4v) is 3.79. The van der Waals surface area contributed by atoms with Crippen molar-refractivity contribution < 1.29 is 24.1 Å². The molecule has 1 N–H and O–H groups in total. The van der Waals surface area contributed by atoms with Crippen LogP contribution >= 0.6 is 0 Å². The lowest BCUT2D eigenvalue weighted by Gasteiger charge is -2.49. The number of aliphatic hydroxyl groups excluding tert-OH is 1. The van der Waals surface area contributed by atoms with E-state index in [4.69, 9.17) is 19.7 Å². The Morgan fingerprint density at radius 1 is 1.20 bits per heavy atom. The first-order valence-corrected chi connectivity index (χ1v) is 9.69.